The molecule has 3 rings (SSSR count). The summed E-state index contributed by atoms with van der Waals surface area (Å²) < 4.78 is 7.86. The molecule has 0 aromatic carbocycles. The van der Waals surface area contributed by atoms with E-state index in [0.717, 1.165) is 38.9 Å². The molecule has 0 saturated carbocycles. The van der Waals surface area contributed by atoms with Crippen molar-refractivity contribution in [2.45, 2.75) is 44.1 Å². The number of nitrogens with zero attached hydrogens (tertiary/aromatic N) is 2. The molecule has 2 atom stereocenters. The lowest BCUT2D eigenvalue weighted by Crippen LogP contribution is -2.28. The average molecular weight is 235 g/mol. The predicted octanol–water partition coefficient (Wildman–Crippen LogP) is 1.13. The van der Waals surface area contributed by atoms with E-state index in [2.05, 4.69) is 11.6 Å². The fourth-order valence-electron chi connectivity index (χ4n) is 3.07. The lowest BCUT2D eigenvalue weighted by molar-refractivity contribution is 0.0772. The highest BCUT2D eigenvalue weighted by atomic mass is 16.5. The van der Waals surface area contributed by atoms with E-state index in [-0.39, 0.29) is 0 Å². The van der Waals surface area contributed by atoms with Crippen molar-refractivity contribution in [3.8, 4) is 0 Å². The van der Waals surface area contributed by atoms with Gasteiger partial charge in [-0.1, -0.05) is 0 Å². The summed E-state index contributed by atoms with van der Waals surface area (Å²) in [6.45, 7) is 1.74. The van der Waals surface area contributed by atoms with Crippen molar-refractivity contribution in [1.82, 2.24) is 9.55 Å². The van der Waals surface area contributed by atoms with Gasteiger partial charge in [0, 0.05) is 37.7 Å². The summed E-state index contributed by atoms with van der Waals surface area (Å²) in [5, 5.41) is 0. The maximum Gasteiger partial charge on any atom is 0.114 e. The van der Waals surface area contributed by atoms with Crippen LogP contribution < -0.4 is 5.73 Å². The molecule has 0 spiro atoms. The van der Waals surface area contributed by atoms with Crippen LogP contribution in [-0.4, -0.2) is 28.8 Å². The van der Waals surface area contributed by atoms with Gasteiger partial charge in [0.05, 0.1) is 12.3 Å². The largest absolute Gasteiger partial charge is 0.381 e. The number of hydrogen-bond donors (Lipinski definition) is 1. The average Bonchev–Trinajstić information content (AvgIpc) is 2.67. The molecule has 4 heteroatoms. The second kappa shape index (κ2) is 4.42. The third-order valence-corrected chi connectivity index (χ3v) is 4.06. The predicted molar refractivity (Wildman–Crippen MR) is 66.0 cm³/mol. The molecule has 1 aromatic heterocycles. The van der Waals surface area contributed by atoms with Gasteiger partial charge in [-0.15, -0.1) is 0 Å². The zero-order valence-corrected chi connectivity index (χ0v) is 10.5. The van der Waals surface area contributed by atoms with Gasteiger partial charge in [0.25, 0.3) is 0 Å². The summed E-state index contributed by atoms with van der Waals surface area (Å²) >= 11 is 0. The normalized spacial score (nSPS) is 29.1. The third-order valence-electron chi connectivity index (χ3n) is 4.06. The number of rotatable bonds is 1. The molecule has 0 bridgehead atoms. The molecular formula is C13H21N3O. The first kappa shape index (κ1) is 11.2. The lowest BCUT2D eigenvalue weighted by Gasteiger charge is -2.22. The van der Waals surface area contributed by atoms with Crippen LogP contribution >= 0.6 is 0 Å². The number of fused-ring (bicyclic) bond motifs is 1. The molecule has 4 nitrogen and oxygen atoms in total. The van der Waals surface area contributed by atoms with Gasteiger partial charge in [-0.2, -0.15) is 0 Å². The van der Waals surface area contributed by atoms with Gasteiger partial charge < -0.3 is 15.0 Å². The van der Waals surface area contributed by atoms with Crippen molar-refractivity contribution in [2.75, 3.05) is 13.2 Å². The minimum absolute atomic E-state index is 0.299. The van der Waals surface area contributed by atoms with E-state index in [1.54, 1.807) is 0 Å². The molecule has 94 valence electrons. The second-order valence-corrected chi connectivity index (χ2v) is 5.34. The van der Waals surface area contributed by atoms with E-state index in [9.17, 15) is 0 Å². The summed E-state index contributed by atoms with van der Waals surface area (Å²) in [6.07, 6.45) is 5.47. The SMILES string of the molecule is Cn1c(C2CCCOC2)nc2c1CCC(N)C2. The van der Waals surface area contributed by atoms with Crippen molar-refractivity contribution in [3.05, 3.63) is 17.2 Å². The summed E-state index contributed by atoms with van der Waals surface area (Å²) in [6, 6.07) is 0.299. The van der Waals surface area contributed by atoms with E-state index in [0.29, 0.717) is 12.0 Å². The van der Waals surface area contributed by atoms with Gasteiger partial charge in [-0.25, -0.2) is 4.98 Å². The van der Waals surface area contributed by atoms with Gasteiger partial charge in [0.2, 0.25) is 0 Å². The monoisotopic (exact) mass is 235 g/mol. The zero-order chi connectivity index (χ0) is 11.8. The Morgan fingerprint density at radius 2 is 2.29 bits per heavy atom. The Morgan fingerprint density at radius 3 is 3.06 bits per heavy atom. The first-order valence-corrected chi connectivity index (χ1v) is 6.63. The molecule has 1 saturated heterocycles. The van der Waals surface area contributed by atoms with Crippen LogP contribution in [0.25, 0.3) is 0 Å². The zero-order valence-electron chi connectivity index (χ0n) is 10.5. The van der Waals surface area contributed by atoms with Crippen LogP contribution in [0.4, 0.5) is 0 Å². The van der Waals surface area contributed by atoms with Crippen LogP contribution in [0.2, 0.25) is 0 Å². The maximum atomic E-state index is 6.01. The molecule has 1 aliphatic carbocycles. The molecule has 2 N–H and O–H groups in total. The topological polar surface area (TPSA) is 53.1 Å². The van der Waals surface area contributed by atoms with E-state index in [1.165, 1.54) is 23.6 Å². The van der Waals surface area contributed by atoms with Gasteiger partial charge in [0.1, 0.15) is 5.82 Å². The van der Waals surface area contributed by atoms with Crippen LogP contribution in [0.1, 0.15) is 42.4 Å². The Labute approximate surface area is 102 Å². The standard InChI is InChI=1S/C13H21N3O/c1-16-12-5-4-10(14)7-11(12)15-13(16)9-3-2-6-17-8-9/h9-10H,2-8,14H2,1H3. The molecule has 2 unspecified atom stereocenters. The first-order valence-electron chi connectivity index (χ1n) is 6.63. The Hall–Kier alpha value is -0.870. The van der Waals surface area contributed by atoms with Crippen LogP contribution in [0.3, 0.4) is 0 Å². The quantitative estimate of drug-likeness (QED) is 0.794. The molecule has 1 aromatic rings. The van der Waals surface area contributed by atoms with Crippen molar-refractivity contribution in [2.24, 2.45) is 12.8 Å². The van der Waals surface area contributed by atoms with Crippen LogP contribution in [-0.2, 0) is 24.6 Å². The molecule has 0 amide bonds. The molecular weight excluding hydrogens is 214 g/mol. The van der Waals surface area contributed by atoms with E-state index in [1.807, 2.05) is 0 Å². The number of aromatic nitrogens is 2. The van der Waals surface area contributed by atoms with Gasteiger partial charge in [0.15, 0.2) is 0 Å². The smallest absolute Gasteiger partial charge is 0.114 e. The van der Waals surface area contributed by atoms with Gasteiger partial charge >= 0.3 is 0 Å². The van der Waals surface area contributed by atoms with E-state index < -0.39 is 0 Å². The van der Waals surface area contributed by atoms with Gasteiger partial charge in [-0.3, -0.25) is 0 Å². The minimum atomic E-state index is 0.299. The Kier molecular flexibility index (Phi) is 2.92. The van der Waals surface area contributed by atoms with Crippen molar-refractivity contribution in [1.29, 1.82) is 0 Å². The highest BCUT2D eigenvalue weighted by molar-refractivity contribution is 5.23. The summed E-state index contributed by atoms with van der Waals surface area (Å²) in [4.78, 5) is 4.83. The fourth-order valence-corrected chi connectivity index (χ4v) is 3.07. The van der Waals surface area contributed by atoms with Crippen LogP contribution in [0.5, 0.6) is 0 Å². The van der Waals surface area contributed by atoms with Crippen molar-refractivity contribution in [3.63, 3.8) is 0 Å². The van der Waals surface area contributed by atoms with Crippen LogP contribution in [0.15, 0.2) is 0 Å². The van der Waals surface area contributed by atoms with Gasteiger partial charge in [-0.05, 0) is 25.7 Å². The Morgan fingerprint density at radius 1 is 1.41 bits per heavy atom. The highest BCUT2D eigenvalue weighted by Gasteiger charge is 2.26. The van der Waals surface area contributed by atoms with Crippen molar-refractivity contribution < 1.29 is 4.74 Å². The number of nitrogens with two attached hydrogens (primary N) is 1. The van der Waals surface area contributed by atoms with Crippen LogP contribution in [0, 0.1) is 0 Å². The Bertz CT molecular complexity index is 407. The van der Waals surface area contributed by atoms with E-state index >= 15 is 0 Å². The summed E-state index contributed by atoms with van der Waals surface area (Å²) in [5.74, 6) is 1.69. The number of ether oxygens (including phenoxy) is 1. The minimum Gasteiger partial charge on any atom is -0.381 e. The third kappa shape index (κ3) is 2.00. The number of imidazole rings is 1. The highest BCUT2D eigenvalue weighted by Crippen LogP contribution is 2.28. The number of hydrogen-bond acceptors (Lipinski definition) is 3. The maximum absolute atomic E-state index is 6.01. The fraction of sp³-hybridized carbons (Fsp3) is 0.769. The molecule has 0 radical (unpaired) electrons. The molecule has 17 heavy (non-hydrogen) atoms. The van der Waals surface area contributed by atoms with E-state index in [4.69, 9.17) is 15.5 Å². The summed E-state index contributed by atoms with van der Waals surface area (Å²) in [7, 11) is 2.15. The molecule has 2 heterocycles. The molecule has 1 fully saturated rings. The molecule has 2 aliphatic rings. The molecule has 1 aliphatic heterocycles. The van der Waals surface area contributed by atoms with Crippen molar-refractivity contribution >= 4 is 0 Å². The second-order valence-electron chi connectivity index (χ2n) is 5.34. The lowest BCUT2D eigenvalue weighted by atomic mass is 9.97. The Balaban J connectivity index is 1.90. The first-order chi connectivity index (χ1) is 8.25. The summed E-state index contributed by atoms with van der Waals surface area (Å²) in [5.41, 5.74) is 8.64.